The van der Waals surface area contributed by atoms with Crippen molar-refractivity contribution in [3.05, 3.63) is 22.9 Å². The Morgan fingerprint density at radius 1 is 1.45 bits per heavy atom. The molecule has 0 aliphatic heterocycles. The summed E-state index contributed by atoms with van der Waals surface area (Å²) in [5.41, 5.74) is 2.04. The molecule has 1 heterocycles. The van der Waals surface area contributed by atoms with E-state index in [-0.39, 0.29) is 16.7 Å². The molecule has 0 fully saturated rings. The van der Waals surface area contributed by atoms with E-state index >= 15 is 0 Å². The standard InChI is InChI=1S/C15H21N3OS/c1-9-7-10(2)17-14(12(9)8-16)20-11(3)13(19)18-15(4,5)6/h7,11H,1-6H3,(H,18,19)/t11-/m0/s1. The van der Waals surface area contributed by atoms with Gasteiger partial charge in [0.15, 0.2) is 0 Å². The highest BCUT2D eigenvalue weighted by Gasteiger charge is 2.22. The zero-order chi connectivity index (χ0) is 15.5. The lowest BCUT2D eigenvalue weighted by molar-refractivity contribution is -0.121. The van der Waals surface area contributed by atoms with Crippen LogP contribution in [0.15, 0.2) is 11.1 Å². The fourth-order valence-electron chi connectivity index (χ4n) is 1.72. The summed E-state index contributed by atoms with van der Waals surface area (Å²) in [4.78, 5) is 16.5. The summed E-state index contributed by atoms with van der Waals surface area (Å²) in [7, 11) is 0. The Hall–Kier alpha value is -1.54. The van der Waals surface area contributed by atoms with Gasteiger partial charge in [-0.3, -0.25) is 4.79 Å². The van der Waals surface area contributed by atoms with Crippen LogP contribution in [0.1, 0.15) is 44.5 Å². The Kier molecular flexibility index (Phi) is 5.18. The SMILES string of the molecule is Cc1cc(C)c(C#N)c(S[C@@H](C)C(=O)NC(C)(C)C)n1. The van der Waals surface area contributed by atoms with Gasteiger partial charge in [0.1, 0.15) is 11.1 Å². The molecule has 5 heteroatoms. The number of hydrogen-bond acceptors (Lipinski definition) is 4. The molecule has 20 heavy (non-hydrogen) atoms. The monoisotopic (exact) mass is 291 g/mol. The van der Waals surface area contributed by atoms with Crippen LogP contribution in [-0.2, 0) is 4.79 Å². The number of amides is 1. The van der Waals surface area contributed by atoms with Gasteiger partial charge in [0, 0.05) is 11.2 Å². The van der Waals surface area contributed by atoms with Crippen molar-refractivity contribution in [3.63, 3.8) is 0 Å². The van der Waals surface area contributed by atoms with Gasteiger partial charge in [0.25, 0.3) is 0 Å². The van der Waals surface area contributed by atoms with Crippen LogP contribution in [-0.4, -0.2) is 21.7 Å². The molecule has 1 aromatic rings. The van der Waals surface area contributed by atoms with Crippen molar-refractivity contribution in [1.29, 1.82) is 5.26 Å². The molecular weight excluding hydrogens is 270 g/mol. The van der Waals surface area contributed by atoms with Gasteiger partial charge in [0.2, 0.25) is 5.91 Å². The molecule has 0 saturated carbocycles. The van der Waals surface area contributed by atoms with Gasteiger partial charge >= 0.3 is 0 Å². The zero-order valence-electron chi connectivity index (χ0n) is 12.9. The van der Waals surface area contributed by atoms with Crippen LogP contribution < -0.4 is 5.32 Å². The molecule has 4 nitrogen and oxygen atoms in total. The second kappa shape index (κ2) is 6.27. The molecule has 1 atom stereocenters. The van der Waals surface area contributed by atoms with Crippen LogP contribution in [0.25, 0.3) is 0 Å². The van der Waals surface area contributed by atoms with E-state index in [1.807, 2.05) is 47.6 Å². The van der Waals surface area contributed by atoms with E-state index in [1.54, 1.807) is 0 Å². The fourth-order valence-corrected chi connectivity index (χ4v) is 2.74. The Morgan fingerprint density at radius 3 is 2.55 bits per heavy atom. The van der Waals surface area contributed by atoms with E-state index in [0.29, 0.717) is 10.6 Å². The summed E-state index contributed by atoms with van der Waals surface area (Å²) in [5, 5.41) is 12.5. The average Bonchev–Trinajstić information content (AvgIpc) is 2.25. The number of hydrogen-bond donors (Lipinski definition) is 1. The van der Waals surface area contributed by atoms with Crippen LogP contribution in [0, 0.1) is 25.2 Å². The highest BCUT2D eigenvalue weighted by atomic mass is 32.2. The Labute approximate surface area is 125 Å². The molecule has 0 aromatic carbocycles. The predicted octanol–water partition coefficient (Wildman–Crippen LogP) is 2.97. The van der Waals surface area contributed by atoms with Crippen LogP contribution in [0.3, 0.4) is 0 Å². The van der Waals surface area contributed by atoms with Crippen LogP contribution in [0.5, 0.6) is 0 Å². The van der Waals surface area contributed by atoms with E-state index in [9.17, 15) is 10.1 Å². The molecule has 108 valence electrons. The molecule has 0 bridgehead atoms. The molecule has 1 rings (SSSR count). The molecule has 0 unspecified atom stereocenters. The lowest BCUT2D eigenvalue weighted by atomic mass is 10.1. The second-order valence-corrected chi connectivity index (χ2v) is 7.20. The summed E-state index contributed by atoms with van der Waals surface area (Å²) >= 11 is 1.33. The van der Waals surface area contributed by atoms with Gasteiger partial charge < -0.3 is 5.32 Å². The maximum atomic E-state index is 12.1. The van der Waals surface area contributed by atoms with E-state index in [4.69, 9.17) is 0 Å². The van der Waals surface area contributed by atoms with Crippen molar-refractivity contribution >= 4 is 17.7 Å². The first-order valence-corrected chi connectivity index (χ1v) is 7.39. The highest BCUT2D eigenvalue weighted by molar-refractivity contribution is 8.00. The summed E-state index contributed by atoms with van der Waals surface area (Å²) in [6.45, 7) is 11.4. The van der Waals surface area contributed by atoms with Crippen LogP contribution >= 0.6 is 11.8 Å². The topological polar surface area (TPSA) is 65.8 Å². The number of carbonyl (C=O) groups is 1. The maximum Gasteiger partial charge on any atom is 0.233 e. The molecule has 1 N–H and O–H groups in total. The van der Waals surface area contributed by atoms with Crippen molar-refractivity contribution in [2.24, 2.45) is 0 Å². The first kappa shape index (κ1) is 16.5. The van der Waals surface area contributed by atoms with Crippen molar-refractivity contribution in [3.8, 4) is 6.07 Å². The first-order chi connectivity index (χ1) is 9.14. The smallest absolute Gasteiger partial charge is 0.233 e. The second-order valence-electron chi connectivity index (χ2n) is 5.87. The number of aromatic nitrogens is 1. The number of rotatable bonds is 3. The lowest BCUT2D eigenvalue weighted by Gasteiger charge is -2.23. The molecule has 0 aliphatic carbocycles. The highest BCUT2D eigenvalue weighted by Crippen LogP contribution is 2.27. The van der Waals surface area contributed by atoms with Gasteiger partial charge in [-0.15, -0.1) is 0 Å². The number of nitriles is 1. The van der Waals surface area contributed by atoms with Crippen molar-refractivity contribution in [2.75, 3.05) is 0 Å². The summed E-state index contributed by atoms with van der Waals surface area (Å²) in [5.74, 6) is -0.0488. The van der Waals surface area contributed by atoms with E-state index < -0.39 is 0 Å². The molecule has 0 aliphatic rings. The average molecular weight is 291 g/mol. The van der Waals surface area contributed by atoms with Gasteiger partial charge in [-0.2, -0.15) is 5.26 Å². The first-order valence-electron chi connectivity index (χ1n) is 6.51. The quantitative estimate of drug-likeness (QED) is 0.869. The minimum Gasteiger partial charge on any atom is -0.351 e. The number of thioether (sulfide) groups is 1. The molecular formula is C15H21N3OS. The van der Waals surface area contributed by atoms with Crippen molar-refractivity contribution in [2.45, 2.75) is 57.4 Å². The summed E-state index contributed by atoms with van der Waals surface area (Å²) in [6, 6.07) is 4.05. The summed E-state index contributed by atoms with van der Waals surface area (Å²) in [6.07, 6.45) is 0. The van der Waals surface area contributed by atoms with Crippen LogP contribution in [0.4, 0.5) is 0 Å². The Balaban J connectivity index is 2.94. The fraction of sp³-hybridized carbons (Fsp3) is 0.533. The Morgan fingerprint density at radius 2 is 2.05 bits per heavy atom. The van der Waals surface area contributed by atoms with E-state index in [2.05, 4.69) is 16.4 Å². The number of nitrogens with zero attached hydrogens (tertiary/aromatic N) is 2. The lowest BCUT2D eigenvalue weighted by Crippen LogP contribution is -2.44. The number of carbonyl (C=O) groups excluding carboxylic acids is 1. The van der Waals surface area contributed by atoms with Crippen LogP contribution in [0.2, 0.25) is 0 Å². The minimum absolute atomic E-state index is 0.0488. The molecule has 0 saturated heterocycles. The third-order valence-electron chi connectivity index (χ3n) is 2.58. The molecule has 0 radical (unpaired) electrons. The number of nitrogens with one attached hydrogen (secondary N) is 1. The van der Waals surface area contributed by atoms with Gasteiger partial charge in [-0.05, 0) is 53.2 Å². The largest absolute Gasteiger partial charge is 0.351 e. The third kappa shape index (κ3) is 4.53. The normalized spacial score (nSPS) is 12.7. The van der Waals surface area contributed by atoms with Gasteiger partial charge in [-0.25, -0.2) is 4.98 Å². The molecule has 1 amide bonds. The Bertz CT molecular complexity index is 555. The zero-order valence-corrected chi connectivity index (χ0v) is 13.7. The minimum atomic E-state index is -0.296. The summed E-state index contributed by atoms with van der Waals surface area (Å²) < 4.78 is 0. The predicted molar refractivity (Wildman–Crippen MR) is 81.6 cm³/mol. The van der Waals surface area contributed by atoms with Crippen molar-refractivity contribution < 1.29 is 4.79 Å². The third-order valence-corrected chi connectivity index (χ3v) is 3.67. The van der Waals surface area contributed by atoms with Gasteiger partial charge in [0.05, 0.1) is 10.8 Å². The number of pyridine rings is 1. The van der Waals surface area contributed by atoms with E-state index in [0.717, 1.165) is 11.3 Å². The molecule has 1 aromatic heterocycles. The molecule has 0 spiro atoms. The van der Waals surface area contributed by atoms with Gasteiger partial charge in [-0.1, -0.05) is 11.8 Å². The maximum absolute atomic E-state index is 12.1. The van der Waals surface area contributed by atoms with E-state index in [1.165, 1.54) is 11.8 Å². The number of aryl methyl sites for hydroxylation is 2. The van der Waals surface area contributed by atoms with Crippen molar-refractivity contribution in [1.82, 2.24) is 10.3 Å².